The Kier molecular flexibility index (Phi) is 4.44. The van der Waals surface area contributed by atoms with Gasteiger partial charge in [-0.25, -0.2) is 0 Å². The third kappa shape index (κ3) is 3.21. The zero-order valence-electron chi connectivity index (χ0n) is 13.8. The van der Waals surface area contributed by atoms with Gasteiger partial charge >= 0.3 is 0 Å². The highest BCUT2D eigenvalue weighted by Crippen LogP contribution is 2.20. The number of hydrogen-bond acceptors (Lipinski definition) is 5. The minimum Gasteiger partial charge on any atom is -0.494 e. The predicted octanol–water partition coefficient (Wildman–Crippen LogP) is 3.42. The number of thiazole rings is 1. The van der Waals surface area contributed by atoms with Crippen molar-refractivity contribution in [1.82, 2.24) is 14.6 Å². The SMILES string of the molecule is CCOc1ccc(-c2nc3s/c(=C/c4cccc(Cl)c4)c(=O)n3n2)cc1. The minimum atomic E-state index is -0.185. The molecule has 0 aliphatic carbocycles. The summed E-state index contributed by atoms with van der Waals surface area (Å²) < 4.78 is 7.34. The highest BCUT2D eigenvalue weighted by atomic mass is 35.5. The van der Waals surface area contributed by atoms with Crippen molar-refractivity contribution in [2.45, 2.75) is 6.92 Å². The molecule has 0 unspecified atom stereocenters. The van der Waals surface area contributed by atoms with Crippen LogP contribution in [-0.2, 0) is 0 Å². The van der Waals surface area contributed by atoms with Crippen molar-refractivity contribution in [3.05, 3.63) is 74.0 Å². The van der Waals surface area contributed by atoms with E-state index in [0.717, 1.165) is 16.9 Å². The van der Waals surface area contributed by atoms with Crippen LogP contribution in [0.25, 0.3) is 22.4 Å². The van der Waals surface area contributed by atoms with Gasteiger partial charge in [0.25, 0.3) is 5.56 Å². The summed E-state index contributed by atoms with van der Waals surface area (Å²) in [6, 6.07) is 14.8. The van der Waals surface area contributed by atoms with Gasteiger partial charge in [-0.15, -0.1) is 5.10 Å². The maximum Gasteiger partial charge on any atom is 0.291 e. The van der Waals surface area contributed by atoms with Crippen LogP contribution in [0.5, 0.6) is 5.75 Å². The first kappa shape index (κ1) is 16.8. The lowest BCUT2D eigenvalue weighted by Gasteiger charge is -2.02. The standard InChI is InChI=1S/C19H14ClN3O2S/c1-2-25-15-8-6-13(7-9-15)17-21-19-23(22-17)18(24)16(26-19)11-12-4-3-5-14(20)10-12/h3-11H,2H2,1H3/b16-11+. The Hall–Kier alpha value is -2.70. The molecule has 4 aromatic rings. The molecule has 7 heteroatoms. The maximum absolute atomic E-state index is 12.6. The average Bonchev–Trinajstić information content (AvgIpc) is 3.16. The van der Waals surface area contributed by atoms with Gasteiger partial charge in [0.15, 0.2) is 5.82 Å². The number of fused-ring (bicyclic) bond motifs is 1. The molecule has 2 heterocycles. The normalized spacial score (nSPS) is 12.0. The Labute approximate surface area is 158 Å². The fraction of sp³-hybridized carbons (Fsp3) is 0.105. The fourth-order valence-corrected chi connectivity index (χ4v) is 3.68. The van der Waals surface area contributed by atoms with Crippen molar-refractivity contribution >= 4 is 34.0 Å². The lowest BCUT2D eigenvalue weighted by molar-refractivity contribution is 0.340. The molecule has 130 valence electrons. The molecule has 0 spiro atoms. The summed E-state index contributed by atoms with van der Waals surface area (Å²) in [5.74, 6) is 1.31. The van der Waals surface area contributed by atoms with Gasteiger partial charge in [0, 0.05) is 10.6 Å². The van der Waals surface area contributed by atoms with Crippen molar-refractivity contribution in [2.24, 2.45) is 0 Å². The smallest absolute Gasteiger partial charge is 0.291 e. The number of ether oxygens (including phenoxy) is 1. The first-order valence-electron chi connectivity index (χ1n) is 8.04. The molecule has 26 heavy (non-hydrogen) atoms. The first-order valence-corrected chi connectivity index (χ1v) is 9.23. The number of aromatic nitrogens is 3. The molecule has 0 N–H and O–H groups in total. The molecule has 0 atom stereocenters. The molecule has 0 bridgehead atoms. The third-order valence-electron chi connectivity index (χ3n) is 3.75. The van der Waals surface area contributed by atoms with E-state index in [-0.39, 0.29) is 5.56 Å². The summed E-state index contributed by atoms with van der Waals surface area (Å²) in [5, 5.41) is 4.98. The van der Waals surface area contributed by atoms with Crippen molar-refractivity contribution in [2.75, 3.05) is 6.61 Å². The van der Waals surface area contributed by atoms with Crippen LogP contribution in [0.15, 0.2) is 53.3 Å². The van der Waals surface area contributed by atoms with Crippen LogP contribution in [0.1, 0.15) is 12.5 Å². The van der Waals surface area contributed by atoms with Crippen LogP contribution in [0.3, 0.4) is 0 Å². The Morgan fingerprint density at radius 1 is 1.23 bits per heavy atom. The molecule has 0 amide bonds. The molecule has 0 aliphatic heterocycles. The zero-order chi connectivity index (χ0) is 18.1. The van der Waals surface area contributed by atoms with Gasteiger partial charge in [0.05, 0.1) is 11.1 Å². The number of rotatable bonds is 4. The van der Waals surface area contributed by atoms with Crippen LogP contribution in [0.4, 0.5) is 0 Å². The van der Waals surface area contributed by atoms with Crippen molar-refractivity contribution in [1.29, 1.82) is 0 Å². The summed E-state index contributed by atoms with van der Waals surface area (Å²) in [7, 11) is 0. The minimum absolute atomic E-state index is 0.185. The van der Waals surface area contributed by atoms with E-state index >= 15 is 0 Å². The van der Waals surface area contributed by atoms with Crippen molar-refractivity contribution in [3.8, 4) is 17.1 Å². The molecule has 0 saturated carbocycles. The van der Waals surface area contributed by atoms with E-state index in [1.54, 1.807) is 12.1 Å². The average molecular weight is 384 g/mol. The Morgan fingerprint density at radius 3 is 2.73 bits per heavy atom. The number of halogens is 1. The van der Waals surface area contributed by atoms with Crippen molar-refractivity contribution in [3.63, 3.8) is 0 Å². The highest BCUT2D eigenvalue weighted by Gasteiger charge is 2.12. The summed E-state index contributed by atoms with van der Waals surface area (Å²) in [6.07, 6.45) is 1.80. The number of nitrogens with zero attached hydrogens (tertiary/aromatic N) is 3. The quantitative estimate of drug-likeness (QED) is 0.542. The van der Waals surface area contributed by atoms with E-state index < -0.39 is 0 Å². The maximum atomic E-state index is 12.6. The van der Waals surface area contributed by atoms with E-state index in [2.05, 4.69) is 10.1 Å². The zero-order valence-corrected chi connectivity index (χ0v) is 15.4. The van der Waals surface area contributed by atoms with Gasteiger partial charge in [-0.05, 0) is 55.0 Å². The van der Waals surface area contributed by atoms with Crippen LogP contribution >= 0.6 is 22.9 Å². The summed E-state index contributed by atoms with van der Waals surface area (Å²) in [4.78, 5) is 17.6. The van der Waals surface area contributed by atoms with E-state index in [1.807, 2.05) is 49.4 Å². The molecule has 5 nitrogen and oxygen atoms in total. The summed E-state index contributed by atoms with van der Waals surface area (Å²) in [5.41, 5.74) is 1.52. The van der Waals surface area contributed by atoms with Crippen molar-refractivity contribution < 1.29 is 4.74 Å². The Balaban J connectivity index is 1.72. The molecular formula is C19H14ClN3O2S. The third-order valence-corrected chi connectivity index (χ3v) is 4.95. The highest BCUT2D eigenvalue weighted by molar-refractivity contribution is 7.15. The van der Waals surface area contributed by atoms with E-state index in [1.165, 1.54) is 15.9 Å². The Bertz CT molecular complexity index is 1180. The molecule has 0 aliphatic rings. The molecule has 0 fully saturated rings. The van der Waals surface area contributed by atoms with Crippen LogP contribution in [-0.4, -0.2) is 21.2 Å². The lowest BCUT2D eigenvalue weighted by Crippen LogP contribution is -2.23. The second-order valence-corrected chi connectivity index (χ2v) is 7.00. The summed E-state index contributed by atoms with van der Waals surface area (Å²) in [6.45, 7) is 2.55. The number of hydrogen-bond donors (Lipinski definition) is 0. The second kappa shape index (κ2) is 6.90. The molecule has 0 saturated heterocycles. The molecule has 4 rings (SSSR count). The Morgan fingerprint density at radius 2 is 2.04 bits per heavy atom. The molecule has 2 aromatic heterocycles. The molecule has 0 radical (unpaired) electrons. The number of benzene rings is 2. The first-order chi connectivity index (χ1) is 12.6. The van der Waals surface area contributed by atoms with Crippen LogP contribution < -0.4 is 14.8 Å². The second-order valence-electron chi connectivity index (χ2n) is 5.56. The largest absolute Gasteiger partial charge is 0.494 e. The molecular weight excluding hydrogens is 370 g/mol. The van der Waals surface area contributed by atoms with Gasteiger partial charge in [0.1, 0.15) is 5.75 Å². The van der Waals surface area contributed by atoms with Gasteiger partial charge in [-0.3, -0.25) is 4.79 Å². The van der Waals surface area contributed by atoms with E-state index in [9.17, 15) is 4.79 Å². The lowest BCUT2D eigenvalue weighted by atomic mass is 10.2. The fourth-order valence-electron chi connectivity index (χ4n) is 2.57. The van der Waals surface area contributed by atoms with Gasteiger partial charge in [-0.2, -0.15) is 9.50 Å². The van der Waals surface area contributed by atoms with Crippen LogP contribution in [0.2, 0.25) is 5.02 Å². The van der Waals surface area contributed by atoms with Gasteiger partial charge < -0.3 is 4.74 Å². The summed E-state index contributed by atoms with van der Waals surface area (Å²) >= 11 is 7.30. The monoisotopic (exact) mass is 383 g/mol. The van der Waals surface area contributed by atoms with E-state index in [0.29, 0.717) is 26.9 Å². The predicted molar refractivity (Wildman–Crippen MR) is 104 cm³/mol. The van der Waals surface area contributed by atoms with Gasteiger partial charge in [-0.1, -0.05) is 35.1 Å². The topological polar surface area (TPSA) is 56.5 Å². The molecule has 2 aromatic carbocycles. The van der Waals surface area contributed by atoms with Gasteiger partial charge in [0.2, 0.25) is 4.96 Å². The van der Waals surface area contributed by atoms with E-state index in [4.69, 9.17) is 16.3 Å². The van der Waals surface area contributed by atoms with Crippen LogP contribution in [0, 0.1) is 0 Å².